The van der Waals surface area contributed by atoms with Crippen molar-refractivity contribution in [2.24, 2.45) is 0 Å². The van der Waals surface area contributed by atoms with Crippen molar-refractivity contribution in [3.63, 3.8) is 0 Å². The van der Waals surface area contributed by atoms with E-state index in [-0.39, 0.29) is 0 Å². The zero-order valence-electron chi connectivity index (χ0n) is 17.4. The fraction of sp³-hybridized carbons (Fsp3) is 0.250. The highest BCUT2D eigenvalue weighted by Crippen LogP contribution is 2.64. The van der Waals surface area contributed by atoms with E-state index in [9.17, 15) is 57.9 Å². The lowest BCUT2D eigenvalue weighted by atomic mass is 9.80. The first kappa shape index (κ1) is 24.1. The number of nitriles is 6. The number of hydrogen-bond donors (Lipinski definition) is 0. The van der Waals surface area contributed by atoms with Gasteiger partial charge in [-0.3, -0.25) is 0 Å². The lowest BCUT2D eigenvalue weighted by Gasteiger charge is -2.20. The molecule has 0 N–H and O–H groups in total. The van der Waals surface area contributed by atoms with Gasteiger partial charge in [0.2, 0.25) is 0 Å². The van der Waals surface area contributed by atoms with E-state index in [0.717, 1.165) is 0 Å². The zero-order chi connectivity index (χ0) is 26.6. The van der Waals surface area contributed by atoms with Crippen LogP contribution in [0.1, 0.15) is 68.9 Å². The van der Waals surface area contributed by atoms with Crippen LogP contribution in [0.4, 0.5) is 26.3 Å². The highest BCUT2D eigenvalue weighted by molar-refractivity contribution is 5.78. The van der Waals surface area contributed by atoms with Crippen molar-refractivity contribution in [3.05, 3.63) is 68.3 Å². The average molecular weight is 492 g/mol. The number of halogens is 6. The second-order valence-corrected chi connectivity index (χ2v) is 8.00. The van der Waals surface area contributed by atoms with Gasteiger partial charge in [0.05, 0.1) is 71.9 Å². The lowest BCUT2D eigenvalue weighted by molar-refractivity contribution is 0.403. The number of hydrogen-bond acceptors (Lipinski definition) is 6. The molecule has 1 aromatic carbocycles. The summed E-state index contributed by atoms with van der Waals surface area (Å²) in [7, 11) is 0. The molecule has 36 heavy (non-hydrogen) atoms. The third-order valence-corrected chi connectivity index (χ3v) is 6.77. The Morgan fingerprint density at radius 2 is 0.500 bits per heavy atom. The summed E-state index contributed by atoms with van der Waals surface area (Å²) in [6.45, 7) is 0. The SMILES string of the molecule is N#CC1C(=C(F)F)C(C#N)c2c1c1c(c3c2C(C#N)C(=C(F)F)C3C#N)C(C#N)C(=C(F)F)C1C#N. The monoisotopic (exact) mass is 492 g/mol. The van der Waals surface area contributed by atoms with E-state index in [1.165, 1.54) is 0 Å². The fourth-order valence-corrected chi connectivity index (χ4v) is 5.63. The lowest BCUT2D eigenvalue weighted by Crippen LogP contribution is -2.09. The maximum absolute atomic E-state index is 14.0. The van der Waals surface area contributed by atoms with Crippen molar-refractivity contribution in [1.82, 2.24) is 0 Å². The Labute approximate surface area is 198 Å². The second kappa shape index (κ2) is 8.32. The Hall–Kier alpha value is -5.04. The summed E-state index contributed by atoms with van der Waals surface area (Å²) >= 11 is 0. The second-order valence-electron chi connectivity index (χ2n) is 8.00. The van der Waals surface area contributed by atoms with Gasteiger partial charge in [-0.05, 0) is 33.4 Å². The molecule has 6 unspecified atom stereocenters. The van der Waals surface area contributed by atoms with Crippen LogP contribution in [0, 0.1) is 68.0 Å². The summed E-state index contributed by atoms with van der Waals surface area (Å²) in [4.78, 5) is 0. The van der Waals surface area contributed by atoms with E-state index in [4.69, 9.17) is 0 Å². The topological polar surface area (TPSA) is 143 Å². The Bertz CT molecular complexity index is 1290. The van der Waals surface area contributed by atoms with E-state index in [0.29, 0.717) is 0 Å². The zero-order valence-corrected chi connectivity index (χ0v) is 17.4. The molecular formula is C24H6F6N6. The highest BCUT2D eigenvalue weighted by Gasteiger charge is 2.56. The molecule has 3 aliphatic carbocycles. The van der Waals surface area contributed by atoms with Crippen molar-refractivity contribution in [3.8, 4) is 36.4 Å². The quantitative estimate of drug-likeness (QED) is 0.418. The van der Waals surface area contributed by atoms with Crippen LogP contribution in [0.2, 0.25) is 0 Å². The minimum atomic E-state index is -2.46. The predicted octanol–water partition coefficient (Wildman–Crippen LogP) is 5.82. The largest absolute Gasteiger partial charge is 0.272 e. The van der Waals surface area contributed by atoms with Crippen LogP contribution in [-0.2, 0) is 0 Å². The third kappa shape index (κ3) is 2.74. The summed E-state index contributed by atoms with van der Waals surface area (Å²) < 4.78 is 84.1. The minimum Gasteiger partial charge on any atom is -0.197 e. The molecular weight excluding hydrogens is 486 g/mol. The molecule has 12 heteroatoms. The van der Waals surface area contributed by atoms with Crippen LogP contribution in [0.15, 0.2) is 35.0 Å². The smallest absolute Gasteiger partial charge is 0.197 e. The van der Waals surface area contributed by atoms with Crippen LogP contribution in [0.3, 0.4) is 0 Å². The Morgan fingerprint density at radius 3 is 0.583 bits per heavy atom. The van der Waals surface area contributed by atoms with Gasteiger partial charge in [-0.15, -0.1) is 0 Å². The van der Waals surface area contributed by atoms with E-state index >= 15 is 0 Å². The Balaban J connectivity index is 2.39. The molecule has 3 aliphatic rings. The molecule has 0 amide bonds. The molecule has 1 aromatic rings. The van der Waals surface area contributed by atoms with Crippen molar-refractivity contribution in [2.75, 3.05) is 0 Å². The van der Waals surface area contributed by atoms with E-state index in [1.54, 1.807) is 36.4 Å². The van der Waals surface area contributed by atoms with Gasteiger partial charge in [0.1, 0.15) is 0 Å². The average Bonchev–Trinajstić information content (AvgIpc) is 3.47. The van der Waals surface area contributed by atoms with E-state index in [2.05, 4.69) is 0 Å². The van der Waals surface area contributed by atoms with Gasteiger partial charge in [0.25, 0.3) is 18.2 Å². The Morgan fingerprint density at radius 1 is 0.361 bits per heavy atom. The van der Waals surface area contributed by atoms with Gasteiger partial charge in [-0.2, -0.15) is 57.9 Å². The standard InChI is InChI=1S/C24H6F6N6/c25-22(26)13-7(1-31)16-17(8(13)2-32)19-11(5-35)15(24(29)30)12(6-36)21(19)20-10(4-34)14(23(27)28)9(3-33)18(16)20/h7-12H. The van der Waals surface area contributed by atoms with Gasteiger partial charge in [-0.25, -0.2) is 0 Å². The van der Waals surface area contributed by atoms with Gasteiger partial charge in [-0.1, -0.05) is 0 Å². The van der Waals surface area contributed by atoms with Crippen LogP contribution in [0.5, 0.6) is 0 Å². The minimum absolute atomic E-state index is 0.471. The molecule has 0 radical (unpaired) electrons. The summed E-state index contributed by atoms with van der Waals surface area (Å²) in [5, 5.41) is 58.6. The first-order valence-corrected chi connectivity index (χ1v) is 9.92. The molecule has 0 heterocycles. The van der Waals surface area contributed by atoms with Crippen molar-refractivity contribution in [2.45, 2.75) is 35.5 Å². The summed E-state index contributed by atoms with van der Waals surface area (Å²) in [5.74, 6) is -11.7. The van der Waals surface area contributed by atoms with E-state index < -0.39 is 104 Å². The van der Waals surface area contributed by atoms with Gasteiger partial charge in [0, 0.05) is 16.7 Å². The first-order chi connectivity index (χ1) is 17.2. The first-order valence-electron chi connectivity index (χ1n) is 9.92. The van der Waals surface area contributed by atoms with E-state index in [1.807, 2.05) is 0 Å². The Kier molecular flexibility index (Phi) is 5.57. The fourth-order valence-electron chi connectivity index (χ4n) is 5.63. The molecule has 0 spiro atoms. The van der Waals surface area contributed by atoms with Crippen LogP contribution in [-0.4, -0.2) is 0 Å². The number of benzene rings is 1. The number of allylic oxidation sites excluding steroid dienone is 3. The third-order valence-electron chi connectivity index (χ3n) is 6.77. The van der Waals surface area contributed by atoms with Gasteiger partial charge < -0.3 is 0 Å². The van der Waals surface area contributed by atoms with Crippen LogP contribution < -0.4 is 0 Å². The maximum atomic E-state index is 14.0. The predicted molar refractivity (Wildman–Crippen MR) is 104 cm³/mol. The highest BCUT2D eigenvalue weighted by atomic mass is 19.3. The molecule has 174 valence electrons. The molecule has 0 saturated carbocycles. The van der Waals surface area contributed by atoms with Crippen LogP contribution >= 0.6 is 0 Å². The molecule has 0 bridgehead atoms. The maximum Gasteiger partial charge on any atom is 0.272 e. The molecule has 4 rings (SSSR count). The summed E-state index contributed by atoms with van der Waals surface area (Å²) in [6, 6.07) is 9.34. The molecule has 0 aromatic heterocycles. The van der Waals surface area contributed by atoms with Crippen LogP contribution in [0.25, 0.3) is 0 Å². The van der Waals surface area contributed by atoms with Gasteiger partial charge >= 0.3 is 0 Å². The van der Waals surface area contributed by atoms with Crippen molar-refractivity contribution in [1.29, 1.82) is 31.6 Å². The summed E-state index contributed by atoms with van der Waals surface area (Å²) in [6.07, 6.45) is -7.38. The molecule has 0 aliphatic heterocycles. The van der Waals surface area contributed by atoms with Crippen molar-refractivity contribution >= 4 is 0 Å². The molecule has 6 atom stereocenters. The number of rotatable bonds is 0. The molecule has 6 nitrogen and oxygen atoms in total. The number of nitrogens with zero attached hydrogens (tertiary/aromatic N) is 6. The molecule has 0 fully saturated rings. The van der Waals surface area contributed by atoms with Gasteiger partial charge in [0.15, 0.2) is 0 Å². The molecule has 0 saturated heterocycles. The number of fused-ring (bicyclic) bond motifs is 6. The summed E-state index contributed by atoms with van der Waals surface area (Å²) in [5.41, 5.74) is -5.96. The van der Waals surface area contributed by atoms with Crippen molar-refractivity contribution < 1.29 is 26.3 Å². The normalized spacial score (nSPS) is 26.8.